The van der Waals surface area contributed by atoms with Gasteiger partial charge in [0.15, 0.2) is 0 Å². The summed E-state index contributed by atoms with van der Waals surface area (Å²) in [6, 6.07) is 13.8. The molecule has 2 aromatic carbocycles. The van der Waals surface area contributed by atoms with Gasteiger partial charge >= 0.3 is 0 Å². The van der Waals surface area contributed by atoms with Gasteiger partial charge in [0.25, 0.3) is 11.6 Å². The van der Waals surface area contributed by atoms with E-state index in [4.69, 9.17) is 4.74 Å². The Morgan fingerprint density at radius 3 is 2.71 bits per heavy atom. The standard InChI is InChI=1S/C22H25N5O4/c1-3-17(21-24-14-19(25-21)15-7-5-4-6-8-15)26-22(28)16-9-10-18(23-11-12-31-2)20(13-16)27(29)30/h4-10,13-14,17,23H,3,11-12H2,1-2H3,(H,24,25)(H,26,28). The summed E-state index contributed by atoms with van der Waals surface area (Å²) in [4.78, 5) is 31.4. The number of hydrogen-bond donors (Lipinski definition) is 3. The molecule has 0 aliphatic carbocycles. The van der Waals surface area contributed by atoms with Crippen LogP contribution in [0.2, 0.25) is 0 Å². The fourth-order valence-corrected chi connectivity index (χ4v) is 3.14. The van der Waals surface area contributed by atoms with E-state index in [0.29, 0.717) is 31.1 Å². The molecule has 1 atom stereocenters. The molecule has 1 heterocycles. The van der Waals surface area contributed by atoms with Gasteiger partial charge in [-0.1, -0.05) is 37.3 Å². The van der Waals surface area contributed by atoms with Crippen molar-refractivity contribution >= 4 is 17.3 Å². The highest BCUT2D eigenvalue weighted by atomic mass is 16.6. The normalized spacial score (nSPS) is 11.7. The van der Waals surface area contributed by atoms with Crippen LogP contribution >= 0.6 is 0 Å². The number of ether oxygens (including phenoxy) is 1. The molecule has 9 heteroatoms. The number of aromatic amines is 1. The number of carbonyl (C=O) groups is 1. The molecule has 0 radical (unpaired) electrons. The minimum atomic E-state index is -0.512. The van der Waals surface area contributed by atoms with Crippen molar-refractivity contribution < 1.29 is 14.5 Å². The van der Waals surface area contributed by atoms with Crippen molar-refractivity contribution in [2.75, 3.05) is 25.6 Å². The van der Waals surface area contributed by atoms with Crippen LogP contribution in [0.25, 0.3) is 11.3 Å². The number of nitro benzene ring substituents is 1. The van der Waals surface area contributed by atoms with E-state index in [0.717, 1.165) is 11.3 Å². The molecule has 0 fully saturated rings. The van der Waals surface area contributed by atoms with Crippen LogP contribution in [-0.2, 0) is 4.74 Å². The number of carbonyl (C=O) groups excluding carboxylic acids is 1. The number of hydrogen-bond acceptors (Lipinski definition) is 6. The van der Waals surface area contributed by atoms with E-state index in [-0.39, 0.29) is 17.3 Å². The Morgan fingerprint density at radius 1 is 1.26 bits per heavy atom. The second kappa shape index (κ2) is 10.4. The average molecular weight is 423 g/mol. The van der Waals surface area contributed by atoms with Gasteiger partial charge in [0.05, 0.1) is 29.5 Å². The molecule has 0 saturated heterocycles. The predicted molar refractivity (Wildman–Crippen MR) is 118 cm³/mol. The van der Waals surface area contributed by atoms with Crippen molar-refractivity contribution in [2.24, 2.45) is 0 Å². The number of nitrogens with one attached hydrogen (secondary N) is 3. The molecule has 0 aliphatic heterocycles. The van der Waals surface area contributed by atoms with Crippen LogP contribution < -0.4 is 10.6 Å². The van der Waals surface area contributed by atoms with E-state index in [1.54, 1.807) is 19.4 Å². The van der Waals surface area contributed by atoms with Gasteiger partial charge in [-0.15, -0.1) is 0 Å². The minimum absolute atomic E-state index is 0.166. The van der Waals surface area contributed by atoms with E-state index in [9.17, 15) is 14.9 Å². The molecular weight excluding hydrogens is 398 g/mol. The molecule has 0 aliphatic rings. The third-order valence-corrected chi connectivity index (χ3v) is 4.80. The van der Waals surface area contributed by atoms with Crippen molar-refractivity contribution in [3.8, 4) is 11.3 Å². The zero-order valence-corrected chi connectivity index (χ0v) is 17.4. The summed E-state index contributed by atoms with van der Waals surface area (Å²) < 4.78 is 4.95. The highest BCUT2D eigenvalue weighted by molar-refractivity contribution is 5.96. The van der Waals surface area contributed by atoms with Gasteiger partial charge in [0, 0.05) is 25.3 Å². The summed E-state index contributed by atoms with van der Waals surface area (Å²) in [6.07, 6.45) is 2.33. The summed E-state index contributed by atoms with van der Waals surface area (Å²) in [6.45, 7) is 2.76. The highest BCUT2D eigenvalue weighted by Gasteiger charge is 2.21. The number of amides is 1. The number of nitrogens with zero attached hydrogens (tertiary/aromatic N) is 2. The third-order valence-electron chi connectivity index (χ3n) is 4.80. The van der Waals surface area contributed by atoms with E-state index < -0.39 is 10.8 Å². The molecule has 9 nitrogen and oxygen atoms in total. The zero-order valence-electron chi connectivity index (χ0n) is 17.4. The molecule has 0 spiro atoms. The van der Waals surface area contributed by atoms with Crippen LogP contribution in [0.1, 0.15) is 35.6 Å². The molecular formula is C22H25N5O4. The number of nitro groups is 1. The van der Waals surface area contributed by atoms with E-state index >= 15 is 0 Å². The number of benzene rings is 2. The highest BCUT2D eigenvalue weighted by Crippen LogP contribution is 2.26. The molecule has 3 aromatic rings. The number of H-pyrrole nitrogens is 1. The SMILES string of the molecule is CCC(NC(=O)c1ccc(NCCOC)c([N+](=O)[O-])c1)c1ncc(-c2ccccc2)[nH]1. The second-order valence-corrected chi connectivity index (χ2v) is 6.89. The predicted octanol–water partition coefficient (Wildman–Crippen LogP) is 3.92. The van der Waals surface area contributed by atoms with Crippen LogP contribution in [-0.4, -0.2) is 41.1 Å². The van der Waals surface area contributed by atoms with Crippen LogP contribution in [0, 0.1) is 10.1 Å². The quantitative estimate of drug-likeness (QED) is 0.258. The molecule has 0 bridgehead atoms. The Kier molecular flexibility index (Phi) is 7.34. The Bertz CT molecular complexity index is 1040. The Labute approximate surface area is 180 Å². The lowest BCUT2D eigenvalue weighted by Crippen LogP contribution is -2.29. The summed E-state index contributed by atoms with van der Waals surface area (Å²) in [5.74, 6) is 0.220. The summed E-state index contributed by atoms with van der Waals surface area (Å²) in [7, 11) is 1.55. The fourth-order valence-electron chi connectivity index (χ4n) is 3.14. The minimum Gasteiger partial charge on any atom is -0.383 e. The Balaban J connectivity index is 1.75. The first kappa shape index (κ1) is 22.0. The van der Waals surface area contributed by atoms with E-state index in [1.165, 1.54) is 12.1 Å². The van der Waals surface area contributed by atoms with Gasteiger partial charge < -0.3 is 20.4 Å². The van der Waals surface area contributed by atoms with E-state index in [2.05, 4.69) is 20.6 Å². The zero-order chi connectivity index (χ0) is 22.2. The molecule has 1 aromatic heterocycles. The van der Waals surface area contributed by atoms with Gasteiger partial charge in [-0.2, -0.15) is 0 Å². The van der Waals surface area contributed by atoms with Gasteiger partial charge in [-0.05, 0) is 24.1 Å². The molecule has 3 rings (SSSR count). The maximum atomic E-state index is 12.8. The smallest absolute Gasteiger partial charge is 0.293 e. The van der Waals surface area contributed by atoms with Crippen LogP contribution in [0.4, 0.5) is 11.4 Å². The van der Waals surface area contributed by atoms with Crippen LogP contribution in [0.15, 0.2) is 54.7 Å². The Hall–Kier alpha value is -3.72. The van der Waals surface area contributed by atoms with Crippen molar-refractivity contribution in [3.63, 3.8) is 0 Å². The van der Waals surface area contributed by atoms with Crippen molar-refractivity contribution in [2.45, 2.75) is 19.4 Å². The van der Waals surface area contributed by atoms with Crippen molar-refractivity contribution in [3.05, 3.63) is 76.2 Å². The fraction of sp³-hybridized carbons (Fsp3) is 0.273. The number of methoxy groups -OCH3 is 1. The topological polar surface area (TPSA) is 122 Å². The maximum absolute atomic E-state index is 12.8. The molecule has 3 N–H and O–H groups in total. The first-order chi connectivity index (χ1) is 15.0. The lowest BCUT2D eigenvalue weighted by molar-refractivity contribution is -0.384. The van der Waals surface area contributed by atoms with Gasteiger partial charge in [-0.3, -0.25) is 14.9 Å². The average Bonchev–Trinajstić information content (AvgIpc) is 3.28. The first-order valence-electron chi connectivity index (χ1n) is 9.96. The molecule has 1 unspecified atom stereocenters. The molecule has 31 heavy (non-hydrogen) atoms. The van der Waals surface area contributed by atoms with Gasteiger partial charge in [0.2, 0.25) is 0 Å². The third kappa shape index (κ3) is 5.46. The number of aromatic nitrogens is 2. The molecule has 1 amide bonds. The van der Waals surface area contributed by atoms with Gasteiger partial charge in [-0.25, -0.2) is 4.98 Å². The lowest BCUT2D eigenvalue weighted by atomic mass is 10.1. The number of anilines is 1. The maximum Gasteiger partial charge on any atom is 0.293 e. The van der Waals surface area contributed by atoms with Gasteiger partial charge in [0.1, 0.15) is 11.5 Å². The summed E-state index contributed by atoms with van der Waals surface area (Å²) in [5, 5.41) is 17.3. The molecule has 162 valence electrons. The van der Waals surface area contributed by atoms with Crippen LogP contribution in [0.5, 0.6) is 0 Å². The largest absolute Gasteiger partial charge is 0.383 e. The Morgan fingerprint density at radius 2 is 2.03 bits per heavy atom. The lowest BCUT2D eigenvalue weighted by Gasteiger charge is -2.15. The number of imidazole rings is 1. The van der Waals surface area contributed by atoms with Crippen molar-refractivity contribution in [1.82, 2.24) is 15.3 Å². The monoisotopic (exact) mass is 423 g/mol. The number of rotatable bonds is 10. The summed E-state index contributed by atoms with van der Waals surface area (Å²) in [5.41, 5.74) is 2.22. The van der Waals surface area contributed by atoms with Crippen LogP contribution in [0.3, 0.4) is 0 Å². The summed E-state index contributed by atoms with van der Waals surface area (Å²) >= 11 is 0. The molecule has 0 saturated carbocycles. The second-order valence-electron chi connectivity index (χ2n) is 6.89. The van der Waals surface area contributed by atoms with Crippen molar-refractivity contribution in [1.29, 1.82) is 0 Å². The first-order valence-corrected chi connectivity index (χ1v) is 9.96. The van der Waals surface area contributed by atoms with E-state index in [1.807, 2.05) is 37.3 Å².